The molecule has 0 saturated heterocycles. The quantitative estimate of drug-likeness (QED) is 0.598. The summed E-state index contributed by atoms with van der Waals surface area (Å²) >= 11 is 0. The molecule has 0 aromatic carbocycles. The minimum atomic E-state index is -0.427. The topological polar surface area (TPSA) is 94.5 Å². The predicted octanol–water partition coefficient (Wildman–Crippen LogP) is 2.27. The number of hydrogen-bond donors (Lipinski definition) is 2. The van der Waals surface area contributed by atoms with Gasteiger partial charge in [-0.2, -0.15) is 5.10 Å². The summed E-state index contributed by atoms with van der Waals surface area (Å²) in [5.41, 5.74) is 8.93. The fraction of sp³-hybridized carbons (Fsp3) is 0.353. The van der Waals surface area contributed by atoms with Crippen LogP contribution in [0.4, 0.5) is 5.82 Å². The Balaban J connectivity index is 2.50. The van der Waals surface area contributed by atoms with Crippen molar-refractivity contribution in [1.82, 2.24) is 19.9 Å². The number of methoxy groups -OCH3 is 1. The average molecular weight is 329 g/mol. The van der Waals surface area contributed by atoms with E-state index in [4.69, 9.17) is 10.5 Å². The number of allylic oxidation sites excluding steroid dienone is 3. The van der Waals surface area contributed by atoms with Crippen LogP contribution in [0, 0.1) is 0 Å². The van der Waals surface area contributed by atoms with Gasteiger partial charge >= 0.3 is 5.97 Å². The van der Waals surface area contributed by atoms with E-state index < -0.39 is 5.97 Å². The highest BCUT2D eigenvalue weighted by Crippen LogP contribution is 2.33. The zero-order chi connectivity index (χ0) is 17.7. The lowest BCUT2D eigenvalue weighted by Crippen LogP contribution is -2.07. The predicted molar refractivity (Wildman–Crippen MR) is 93.7 cm³/mol. The lowest BCUT2D eigenvalue weighted by molar-refractivity contribution is 0.0599. The molecule has 0 aliphatic rings. The van der Waals surface area contributed by atoms with Crippen LogP contribution in [-0.2, 0) is 4.74 Å². The molecule has 0 aliphatic carbocycles. The highest BCUT2D eigenvalue weighted by atomic mass is 16.5. The minimum absolute atomic E-state index is 0.0710. The Kier molecular flexibility index (Phi) is 5.57. The van der Waals surface area contributed by atoms with Crippen molar-refractivity contribution in [3.8, 4) is 0 Å². The molecule has 2 heterocycles. The summed E-state index contributed by atoms with van der Waals surface area (Å²) in [4.78, 5) is 16.2. The second-order valence-corrected chi connectivity index (χ2v) is 5.44. The summed E-state index contributed by atoms with van der Waals surface area (Å²) < 4.78 is 6.47. The Morgan fingerprint density at radius 2 is 2.33 bits per heavy atom. The molecule has 0 fully saturated rings. The van der Waals surface area contributed by atoms with Gasteiger partial charge in [-0.3, -0.25) is 0 Å². The zero-order valence-corrected chi connectivity index (χ0v) is 14.2. The lowest BCUT2D eigenvalue weighted by Gasteiger charge is -2.14. The number of nitrogen functional groups attached to an aromatic ring is 1. The molecule has 24 heavy (non-hydrogen) atoms. The van der Waals surface area contributed by atoms with Crippen molar-refractivity contribution in [1.29, 1.82) is 0 Å². The van der Waals surface area contributed by atoms with Crippen molar-refractivity contribution >= 4 is 17.3 Å². The molecule has 3 N–H and O–H groups in total. The van der Waals surface area contributed by atoms with Crippen molar-refractivity contribution < 1.29 is 9.53 Å². The van der Waals surface area contributed by atoms with E-state index in [-0.39, 0.29) is 5.92 Å². The number of nitrogens with two attached hydrogens (primary N) is 1. The number of anilines is 1. The van der Waals surface area contributed by atoms with E-state index in [0.29, 0.717) is 16.9 Å². The molecule has 2 aromatic heterocycles. The molecule has 0 saturated carbocycles. The first-order valence-electron chi connectivity index (χ1n) is 7.70. The van der Waals surface area contributed by atoms with Gasteiger partial charge in [-0.25, -0.2) is 14.3 Å². The van der Waals surface area contributed by atoms with Crippen LogP contribution >= 0.6 is 0 Å². The smallest absolute Gasteiger partial charge is 0.339 e. The number of aromatic nitrogens is 3. The van der Waals surface area contributed by atoms with Crippen LogP contribution in [0.2, 0.25) is 0 Å². The van der Waals surface area contributed by atoms with Crippen LogP contribution in [0.15, 0.2) is 37.0 Å². The molecule has 0 amide bonds. The maximum absolute atomic E-state index is 12.2. The van der Waals surface area contributed by atoms with Gasteiger partial charge in [0, 0.05) is 30.4 Å². The van der Waals surface area contributed by atoms with Crippen molar-refractivity contribution in [2.45, 2.75) is 25.7 Å². The molecular weight excluding hydrogens is 306 g/mol. The van der Waals surface area contributed by atoms with Crippen molar-refractivity contribution in [2.24, 2.45) is 0 Å². The lowest BCUT2D eigenvalue weighted by atomic mass is 9.91. The van der Waals surface area contributed by atoms with Gasteiger partial charge in [0.05, 0.1) is 12.7 Å². The monoisotopic (exact) mass is 329 g/mol. The fourth-order valence-corrected chi connectivity index (χ4v) is 2.67. The molecule has 0 bridgehead atoms. The van der Waals surface area contributed by atoms with Gasteiger partial charge in [-0.15, -0.1) is 6.58 Å². The van der Waals surface area contributed by atoms with E-state index in [0.717, 1.165) is 24.1 Å². The summed E-state index contributed by atoms with van der Waals surface area (Å²) in [5.74, 6) is -0.175. The van der Waals surface area contributed by atoms with E-state index in [1.54, 1.807) is 10.7 Å². The highest BCUT2D eigenvalue weighted by molar-refractivity contribution is 5.95. The number of carbonyl (C=O) groups excluding carboxylic acids is 1. The number of carbonyl (C=O) groups is 1. The van der Waals surface area contributed by atoms with E-state index in [9.17, 15) is 4.79 Å². The van der Waals surface area contributed by atoms with E-state index in [2.05, 4.69) is 28.1 Å². The number of ether oxygens (including phenoxy) is 1. The number of rotatable bonds is 7. The fourth-order valence-electron chi connectivity index (χ4n) is 2.67. The van der Waals surface area contributed by atoms with Crippen LogP contribution < -0.4 is 11.1 Å². The van der Waals surface area contributed by atoms with Crippen molar-refractivity contribution in [2.75, 3.05) is 19.9 Å². The third-order valence-electron chi connectivity index (χ3n) is 4.02. The van der Waals surface area contributed by atoms with Crippen molar-refractivity contribution in [3.63, 3.8) is 0 Å². The maximum atomic E-state index is 12.2. The molecule has 1 atom stereocenters. The molecule has 7 nitrogen and oxygen atoms in total. The molecule has 7 heteroatoms. The standard InChI is InChI=1S/C17H23N5O2/c1-5-12(8-6-7-11(2)19-3)14-13(17(23)24-4)9-22-15(14)16(18)20-10-21-22/h5,7,9-10,12,19H,1,6,8H2,2-4H3,(H2,18,20,21)/b11-7+. The summed E-state index contributed by atoms with van der Waals surface area (Å²) in [5, 5.41) is 7.23. The van der Waals surface area contributed by atoms with Crippen LogP contribution in [0.25, 0.3) is 5.52 Å². The Labute approximate surface area is 141 Å². The average Bonchev–Trinajstić information content (AvgIpc) is 2.98. The summed E-state index contributed by atoms with van der Waals surface area (Å²) in [7, 11) is 3.23. The maximum Gasteiger partial charge on any atom is 0.339 e. The normalized spacial score (nSPS) is 12.9. The van der Waals surface area contributed by atoms with E-state index >= 15 is 0 Å². The molecule has 128 valence electrons. The largest absolute Gasteiger partial charge is 0.465 e. The van der Waals surface area contributed by atoms with Crippen LogP contribution in [0.3, 0.4) is 0 Å². The molecule has 2 rings (SSSR count). The van der Waals surface area contributed by atoms with Gasteiger partial charge in [-0.1, -0.05) is 12.2 Å². The second-order valence-electron chi connectivity index (χ2n) is 5.44. The van der Waals surface area contributed by atoms with Crippen LogP contribution in [0.1, 0.15) is 41.6 Å². The first-order valence-corrected chi connectivity index (χ1v) is 7.70. The number of nitrogens with zero attached hydrogens (tertiary/aromatic N) is 3. The number of esters is 1. The molecule has 2 aromatic rings. The number of fused-ring (bicyclic) bond motifs is 1. The third kappa shape index (κ3) is 3.40. The Hall–Kier alpha value is -2.83. The molecular formula is C17H23N5O2. The molecule has 0 radical (unpaired) electrons. The van der Waals surface area contributed by atoms with Gasteiger partial charge in [0.1, 0.15) is 11.8 Å². The highest BCUT2D eigenvalue weighted by Gasteiger charge is 2.25. The Bertz CT molecular complexity index is 779. The van der Waals surface area contributed by atoms with Crippen LogP contribution in [0.5, 0.6) is 0 Å². The van der Waals surface area contributed by atoms with Gasteiger partial charge in [0.2, 0.25) is 0 Å². The SMILES string of the molecule is C=CC(CC/C=C(\C)NC)c1c(C(=O)OC)cn2ncnc(N)c12. The molecule has 0 spiro atoms. The van der Waals surface area contributed by atoms with Crippen LogP contribution in [-0.4, -0.2) is 34.7 Å². The number of nitrogens with one attached hydrogen (secondary N) is 1. The first kappa shape index (κ1) is 17.5. The summed E-state index contributed by atoms with van der Waals surface area (Å²) in [6.07, 6.45) is 8.51. The molecule has 0 aliphatic heterocycles. The van der Waals surface area contributed by atoms with E-state index in [1.165, 1.54) is 13.4 Å². The van der Waals surface area contributed by atoms with E-state index in [1.807, 2.05) is 20.0 Å². The van der Waals surface area contributed by atoms with Gasteiger partial charge in [0.25, 0.3) is 0 Å². The van der Waals surface area contributed by atoms with Crippen molar-refractivity contribution in [3.05, 3.63) is 48.1 Å². The van der Waals surface area contributed by atoms with Gasteiger partial charge in [-0.05, 0) is 19.8 Å². The van der Waals surface area contributed by atoms with Gasteiger partial charge in [0.15, 0.2) is 5.82 Å². The summed E-state index contributed by atoms with van der Waals surface area (Å²) in [6, 6.07) is 0. The number of hydrogen-bond acceptors (Lipinski definition) is 6. The summed E-state index contributed by atoms with van der Waals surface area (Å²) in [6.45, 7) is 5.92. The van der Waals surface area contributed by atoms with Gasteiger partial charge < -0.3 is 15.8 Å². The third-order valence-corrected chi connectivity index (χ3v) is 4.02. The Morgan fingerprint density at radius 1 is 1.58 bits per heavy atom. The Morgan fingerprint density at radius 3 is 2.96 bits per heavy atom. The molecule has 1 unspecified atom stereocenters. The minimum Gasteiger partial charge on any atom is -0.465 e. The first-order chi connectivity index (χ1) is 11.5. The zero-order valence-electron chi connectivity index (χ0n) is 14.2. The second kappa shape index (κ2) is 7.63.